The highest BCUT2D eigenvalue weighted by Gasteiger charge is 2.50. The average molecular weight is 827 g/mol. The van der Waals surface area contributed by atoms with Crippen LogP contribution < -0.4 is 15.0 Å². The van der Waals surface area contributed by atoms with Crippen LogP contribution in [0.2, 0.25) is 16.6 Å². The van der Waals surface area contributed by atoms with Gasteiger partial charge in [0, 0.05) is 57.9 Å². The Morgan fingerprint density at radius 1 is 0.875 bits per heavy atom. The van der Waals surface area contributed by atoms with Gasteiger partial charge in [0.25, 0.3) is 0 Å². The van der Waals surface area contributed by atoms with Gasteiger partial charge in [-0.2, -0.15) is 11.8 Å². The predicted octanol–water partition coefficient (Wildman–Crippen LogP) is 8.92. The largest absolute Gasteiger partial charge is 0.490 e. The number of rotatable bonds is 20. The second-order valence-electron chi connectivity index (χ2n) is 16.2. The molecule has 9 nitrogen and oxygen atoms in total. The zero-order valence-electron chi connectivity index (χ0n) is 35.1. The van der Waals surface area contributed by atoms with Gasteiger partial charge in [-0.05, 0) is 70.9 Å². The van der Waals surface area contributed by atoms with Gasteiger partial charge in [0.15, 0.2) is 5.44 Å². The SMILES string of the molecule is COCCCN1CCOc2ccc(C(O[C@H]3CNC[C@@H](O[Si](C(C)C)(C(C)C)C(C)C)[C@@H]3c3ccc(CSCCOC)cc3)S(=O)(=O)c3ccc(C)cc3)cc21. The lowest BCUT2D eigenvalue weighted by molar-refractivity contribution is -0.0365. The molecule has 4 atom stereocenters. The monoisotopic (exact) mass is 826 g/mol. The molecular weight excluding hydrogens is 761 g/mol. The quantitative estimate of drug-likeness (QED) is 0.0880. The molecule has 0 amide bonds. The van der Waals surface area contributed by atoms with Crippen LogP contribution >= 0.6 is 11.8 Å². The molecule has 1 fully saturated rings. The first kappa shape index (κ1) is 44.7. The molecule has 2 aliphatic rings. The Morgan fingerprint density at radius 3 is 2.18 bits per heavy atom. The molecule has 1 N–H and O–H groups in total. The van der Waals surface area contributed by atoms with Crippen molar-refractivity contribution < 1.29 is 31.8 Å². The molecule has 5 rings (SSSR count). The molecule has 2 heterocycles. The molecule has 0 aliphatic carbocycles. The van der Waals surface area contributed by atoms with Crippen molar-refractivity contribution in [2.45, 2.75) is 106 Å². The van der Waals surface area contributed by atoms with Crippen LogP contribution in [0, 0.1) is 6.92 Å². The molecule has 0 bridgehead atoms. The number of benzene rings is 3. The number of fused-ring (bicyclic) bond motifs is 1. The van der Waals surface area contributed by atoms with Crippen molar-refractivity contribution in [1.82, 2.24) is 5.32 Å². The van der Waals surface area contributed by atoms with Gasteiger partial charge in [-0.1, -0.05) is 89.6 Å². The summed E-state index contributed by atoms with van der Waals surface area (Å²) < 4.78 is 61.3. The van der Waals surface area contributed by atoms with E-state index in [2.05, 4.69) is 76.0 Å². The van der Waals surface area contributed by atoms with Gasteiger partial charge in [-0.15, -0.1) is 0 Å². The van der Waals surface area contributed by atoms with Crippen molar-refractivity contribution in [1.29, 1.82) is 0 Å². The number of thioether (sulfide) groups is 1. The molecular formula is C44H66N2O7S2Si. The van der Waals surface area contributed by atoms with Gasteiger partial charge in [0.05, 0.1) is 35.9 Å². The predicted molar refractivity (Wildman–Crippen MR) is 233 cm³/mol. The number of piperidine rings is 1. The molecule has 0 aromatic heterocycles. The fourth-order valence-corrected chi connectivity index (χ4v) is 16.8. The van der Waals surface area contributed by atoms with Crippen molar-refractivity contribution in [3.63, 3.8) is 0 Å². The van der Waals surface area contributed by atoms with Crippen molar-refractivity contribution in [3.8, 4) is 5.75 Å². The standard InChI is InChI=1S/C44H66N2O7S2Si/c1-31(2)56(32(3)4,33(5)6)53-42-29-45-28-41(43(42)36-15-13-35(14-16-36)30-54-26-25-50-9)52-44(55(47,48)38-18-11-34(7)12-19-38)37-17-20-40-39(27-37)46(22-24-51-40)21-10-23-49-8/h11-20,27,31-33,41-45H,10,21-26,28-30H2,1-9H3/t41-,42+,43+,44?/m0/s1. The topological polar surface area (TPSA) is 95.6 Å². The van der Waals surface area contributed by atoms with E-state index in [9.17, 15) is 8.42 Å². The number of hydrogen-bond acceptors (Lipinski definition) is 10. The Morgan fingerprint density at radius 2 is 1.54 bits per heavy atom. The molecule has 3 aromatic rings. The van der Waals surface area contributed by atoms with Crippen molar-refractivity contribution in [2.75, 3.05) is 70.9 Å². The number of nitrogens with zero attached hydrogens (tertiary/aromatic N) is 1. The molecule has 12 heteroatoms. The summed E-state index contributed by atoms with van der Waals surface area (Å²) in [6, 6.07) is 21.6. The van der Waals surface area contributed by atoms with Gasteiger partial charge >= 0.3 is 0 Å². The Bertz CT molecular complexity index is 1750. The van der Waals surface area contributed by atoms with E-state index in [1.165, 1.54) is 5.56 Å². The number of hydrogen-bond donors (Lipinski definition) is 1. The molecule has 3 aromatic carbocycles. The highest BCUT2D eigenvalue weighted by Crippen LogP contribution is 2.47. The first-order valence-corrected chi connectivity index (χ1v) is 25.2. The van der Waals surface area contributed by atoms with Crippen LogP contribution in [0.15, 0.2) is 71.6 Å². The number of aryl methyl sites for hydroxylation is 1. The van der Waals surface area contributed by atoms with Crippen molar-refractivity contribution >= 4 is 35.6 Å². The molecule has 310 valence electrons. The fourth-order valence-electron chi connectivity index (χ4n) is 8.79. The lowest BCUT2D eigenvalue weighted by atomic mass is 9.85. The van der Waals surface area contributed by atoms with E-state index in [-0.39, 0.29) is 16.9 Å². The van der Waals surface area contributed by atoms with Crippen LogP contribution in [0.1, 0.15) is 81.6 Å². The summed E-state index contributed by atoms with van der Waals surface area (Å²) in [4.78, 5) is 2.49. The Hall–Kier alpha value is -2.42. The average Bonchev–Trinajstić information content (AvgIpc) is 3.17. The van der Waals surface area contributed by atoms with Crippen LogP contribution in [0.25, 0.3) is 0 Å². The molecule has 1 unspecified atom stereocenters. The van der Waals surface area contributed by atoms with Crippen LogP contribution in [-0.4, -0.2) is 94.9 Å². The second-order valence-corrected chi connectivity index (χ2v) is 24.7. The third-order valence-corrected chi connectivity index (χ3v) is 20.5. The third kappa shape index (κ3) is 10.4. The van der Waals surface area contributed by atoms with Gasteiger partial charge in [0.2, 0.25) is 18.2 Å². The number of nitrogens with one attached hydrogen (secondary N) is 1. The summed E-state index contributed by atoms with van der Waals surface area (Å²) in [7, 11) is -2.94. The summed E-state index contributed by atoms with van der Waals surface area (Å²) in [6.07, 6.45) is 0.117. The van der Waals surface area contributed by atoms with Gasteiger partial charge in [-0.3, -0.25) is 0 Å². The molecule has 0 radical (unpaired) electrons. The second kappa shape index (κ2) is 20.5. The number of ether oxygens (including phenoxy) is 4. The minimum Gasteiger partial charge on any atom is -0.490 e. The Labute approximate surface area is 342 Å². The summed E-state index contributed by atoms with van der Waals surface area (Å²) in [5, 5.41) is 3.64. The van der Waals surface area contributed by atoms with E-state index in [4.69, 9.17) is 23.4 Å². The third-order valence-electron chi connectivity index (χ3n) is 11.5. The maximum absolute atomic E-state index is 14.9. The Kier molecular flexibility index (Phi) is 16.4. The number of sulfone groups is 1. The Balaban J connectivity index is 1.60. The van der Waals surface area contributed by atoms with Crippen LogP contribution in [0.3, 0.4) is 0 Å². The molecule has 0 spiro atoms. The van der Waals surface area contributed by atoms with E-state index in [0.29, 0.717) is 55.0 Å². The highest BCUT2D eigenvalue weighted by atomic mass is 32.2. The maximum atomic E-state index is 14.9. The first-order valence-electron chi connectivity index (χ1n) is 20.3. The van der Waals surface area contributed by atoms with Crippen LogP contribution in [-0.2, 0) is 34.2 Å². The lowest BCUT2D eigenvalue weighted by Crippen LogP contribution is -2.58. The normalized spacial score (nSPS) is 19.7. The zero-order valence-corrected chi connectivity index (χ0v) is 37.7. The summed E-state index contributed by atoms with van der Waals surface area (Å²) in [6.45, 7) is 20.4. The molecule has 1 saturated heterocycles. The summed E-state index contributed by atoms with van der Waals surface area (Å²) in [5.41, 5.74) is 4.65. The molecule has 2 aliphatic heterocycles. The minimum atomic E-state index is -4.03. The maximum Gasteiger partial charge on any atom is 0.209 e. The van der Waals surface area contributed by atoms with Crippen molar-refractivity contribution in [2.24, 2.45) is 0 Å². The number of methoxy groups -OCH3 is 2. The van der Waals surface area contributed by atoms with Crippen LogP contribution in [0.4, 0.5) is 5.69 Å². The zero-order chi connectivity index (χ0) is 40.5. The van der Waals surface area contributed by atoms with Gasteiger partial charge < -0.3 is 33.6 Å². The fraction of sp³-hybridized carbons (Fsp3) is 0.591. The molecule has 56 heavy (non-hydrogen) atoms. The van der Waals surface area contributed by atoms with E-state index in [0.717, 1.165) is 53.6 Å². The smallest absolute Gasteiger partial charge is 0.209 e. The van der Waals surface area contributed by atoms with Gasteiger partial charge in [-0.25, -0.2) is 8.42 Å². The first-order chi connectivity index (χ1) is 26.8. The summed E-state index contributed by atoms with van der Waals surface area (Å²) >= 11 is 1.85. The van der Waals surface area contributed by atoms with Crippen LogP contribution in [0.5, 0.6) is 5.75 Å². The molecule has 0 saturated carbocycles. The minimum absolute atomic E-state index is 0.211. The van der Waals surface area contributed by atoms with Crippen molar-refractivity contribution in [3.05, 3.63) is 89.0 Å². The van der Waals surface area contributed by atoms with E-state index in [1.807, 2.05) is 49.0 Å². The van der Waals surface area contributed by atoms with Gasteiger partial charge in [0.1, 0.15) is 12.4 Å². The van der Waals surface area contributed by atoms with E-state index < -0.39 is 29.7 Å². The highest BCUT2D eigenvalue weighted by molar-refractivity contribution is 7.98. The van der Waals surface area contributed by atoms with E-state index in [1.54, 1.807) is 26.4 Å². The van der Waals surface area contributed by atoms with E-state index >= 15 is 0 Å². The lowest BCUT2D eigenvalue weighted by Gasteiger charge is -2.49. The summed E-state index contributed by atoms with van der Waals surface area (Å²) in [5.74, 6) is 2.35. The number of anilines is 1.